The summed E-state index contributed by atoms with van der Waals surface area (Å²) >= 11 is 0. The molecule has 0 unspecified atom stereocenters. The number of pyridine rings is 1. The maximum atomic E-state index is 11.1. The maximum Gasteiger partial charge on any atom is 0.274 e. The zero-order valence-electron chi connectivity index (χ0n) is 10.5. The van der Waals surface area contributed by atoms with Crippen LogP contribution in [0.2, 0.25) is 0 Å². The number of aromatic nitrogens is 1. The molecule has 0 aliphatic carbocycles. The normalized spacial score (nSPS) is 14.2. The van der Waals surface area contributed by atoms with Crippen LogP contribution in [-0.4, -0.2) is 26.2 Å². The van der Waals surface area contributed by atoms with Crippen LogP contribution in [0.25, 0.3) is 0 Å². The summed E-state index contributed by atoms with van der Waals surface area (Å²) in [6.45, 7) is 0.378. The first-order chi connectivity index (χ1) is 9.75. The van der Waals surface area contributed by atoms with Crippen molar-refractivity contribution < 1.29 is 10.2 Å². The second kappa shape index (κ2) is 5.06. The van der Waals surface area contributed by atoms with E-state index in [2.05, 4.69) is 15.5 Å². The summed E-state index contributed by atoms with van der Waals surface area (Å²) in [7, 11) is 0. The lowest BCUT2D eigenvalue weighted by Gasteiger charge is -2.04. The number of benzene rings is 1. The Kier molecular flexibility index (Phi) is 3.10. The average molecular weight is 270 g/mol. The fourth-order valence-electron chi connectivity index (χ4n) is 2.06. The van der Waals surface area contributed by atoms with Gasteiger partial charge >= 0.3 is 0 Å². The van der Waals surface area contributed by atoms with E-state index in [0.29, 0.717) is 12.3 Å². The molecule has 20 heavy (non-hydrogen) atoms. The van der Waals surface area contributed by atoms with Gasteiger partial charge in [0.25, 0.3) is 5.03 Å². The van der Waals surface area contributed by atoms with Crippen LogP contribution in [0.1, 0.15) is 16.7 Å². The molecule has 1 aromatic carbocycles. The van der Waals surface area contributed by atoms with Gasteiger partial charge in [0.05, 0.1) is 5.10 Å². The quantitative estimate of drug-likeness (QED) is 0.802. The third-order valence-corrected chi connectivity index (χ3v) is 2.98. The molecule has 0 saturated carbocycles. The van der Waals surface area contributed by atoms with Crippen LogP contribution in [0, 0.1) is 4.91 Å². The summed E-state index contributed by atoms with van der Waals surface area (Å²) < 4.78 is 0. The van der Waals surface area contributed by atoms with Crippen LogP contribution in [0.4, 0.5) is 0 Å². The smallest absolute Gasteiger partial charge is 0.274 e. The fourth-order valence-corrected chi connectivity index (χ4v) is 2.06. The molecule has 100 valence electrons. The zero-order chi connectivity index (χ0) is 13.9. The summed E-state index contributed by atoms with van der Waals surface area (Å²) in [5.41, 5.74) is 5.91. The predicted octanol–water partition coefficient (Wildman–Crippen LogP) is 1.24. The van der Waals surface area contributed by atoms with E-state index >= 15 is 0 Å². The molecule has 2 aromatic rings. The van der Waals surface area contributed by atoms with E-state index in [4.69, 9.17) is 5.21 Å². The van der Waals surface area contributed by atoms with Gasteiger partial charge in [0.1, 0.15) is 5.23 Å². The van der Waals surface area contributed by atoms with Crippen molar-refractivity contribution in [1.82, 2.24) is 15.6 Å². The first kappa shape index (κ1) is 12.2. The number of hydrogen-bond donors (Lipinski definition) is 2. The number of rotatable bonds is 2. The molecular formula is C13H12N5O2+. The van der Waals surface area contributed by atoms with E-state index in [0.717, 1.165) is 21.9 Å². The Bertz CT molecular complexity index is 671. The molecule has 0 amide bonds. The molecule has 7 heteroatoms. The Labute approximate surface area is 114 Å². The van der Waals surface area contributed by atoms with Crippen molar-refractivity contribution in [3.8, 4) is 0 Å². The van der Waals surface area contributed by atoms with Crippen LogP contribution >= 0.6 is 0 Å². The third kappa shape index (κ3) is 2.21. The highest BCUT2D eigenvalue weighted by Gasteiger charge is 2.28. The largest absolute Gasteiger partial charge is 0.295 e. The highest BCUT2D eigenvalue weighted by molar-refractivity contribution is 6.13. The Morgan fingerprint density at radius 3 is 2.85 bits per heavy atom. The Morgan fingerprint density at radius 2 is 2.10 bits per heavy atom. The molecule has 3 rings (SSSR count). The second-order valence-electron chi connectivity index (χ2n) is 4.22. The van der Waals surface area contributed by atoms with Crippen LogP contribution in [0.3, 0.4) is 0 Å². The molecule has 1 aliphatic heterocycles. The highest BCUT2D eigenvalue weighted by Crippen LogP contribution is 2.18. The lowest BCUT2D eigenvalue weighted by Crippen LogP contribution is -2.38. The number of hydrazone groups is 1. The van der Waals surface area contributed by atoms with Gasteiger partial charge in [-0.15, -0.1) is 5.43 Å². The first-order valence-corrected chi connectivity index (χ1v) is 6.02. The van der Waals surface area contributed by atoms with Crippen LogP contribution in [0.5, 0.6) is 0 Å². The minimum absolute atomic E-state index is 0.345. The molecular weight excluding hydrogens is 258 g/mol. The molecule has 0 fully saturated rings. The summed E-state index contributed by atoms with van der Waals surface area (Å²) in [5, 5.41) is 13.6. The molecule has 0 bridgehead atoms. The zero-order valence-corrected chi connectivity index (χ0v) is 10.5. The number of fused-ring (bicyclic) bond motifs is 1. The summed E-state index contributed by atoms with van der Waals surface area (Å²) in [6.07, 6.45) is 3.32. The Morgan fingerprint density at radius 1 is 1.25 bits per heavy atom. The minimum Gasteiger partial charge on any atom is -0.295 e. The minimum atomic E-state index is -0.345. The van der Waals surface area contributed by atoms with Crippen molar-refractivity contribution >= 4 is 5.71 Å². The van der Waals surface area contributed by atoms with E-state index in [1.54, 1.807) is 18.5 Å². The van der Waals surface area contributed by atoms with Gasteiger partial charge in [-0.3, -0.25) is 10.2 Å². The van der Waals surface area contributed by atoms with Gasteiger partial charge in [0.15, 0.2) is 0 Å². The van der Waals surface area contributed by atoms with Crippen LogP contribution in [-0.2, 0) is 6.54 Å². The first-order valence-electron chi connectivity index (χ1n) is 6.02. The van der Waals surface area contributed by atoms with E-state index in [1.807, 2.05) is 30.3 Å². The van der Waals surface area contributed by atoms with Crippen molar-refractivity contribution in [3.63, 3.8) is 0 Å². The van der Waals surface area contributed by atoms with Gasteiger partial charge in [-0.25, -0.2) is 0 Å². The second-order valence-corrected chi connectivity index (χ2v) is 4.22. The van der Waals surface area contributed by atoms with Crippen molar-refractivity contribution in [1.29, 1.82) is 0 Å². The summed E-state index contributed by atoms with van der Waals surface area (Å²) in [4.78, 5) is 15.2. The van der Waals surface area contributed by atoms with E-state index in [-0.39, 0.29) is 5.03 Å². The molecule has 1 aliphatic rings. The van der Waals surface area contributed by atoms with Crippen molar-refractivity contribution in [2.45, 2.75) is 6.54 Å². The molecule has 2 heterocycles. The molecule has 0 saturated heterocycles. The number of hydrazine groups is 2. The van der Waals surface area contributed by atoms with Gasteiger partial charge in [0, 0.05) is 35.0 Å². The summed E-state index contributed by atoms with van der Waals surface area (Å²) in [5.74, 6) is 0. The topological polar surface area (TPSA) is 80.8 Å². The van der Waals surface area contributed by atoms with Crippen molar-refractivity contribution in [2.75, 3.05) is 0 Å². The highest BCUT2D eigenvalue weighted by atomic mass is 16.7. The molecule has 7 nitrogen and oxygen atoms in total. The molecule has 0 atom stereocenters. The van der Waals surface area contributed by atoms with Gasteiger partial charge < -0.3 is 0 Å². The lowest BCUT2D eigenvalue weighted by atomic mass is 9.99. The van der Waals surface area contributed by atoms with Gasteiger partial charge in [0.2, 0.25) is 5.71 Å². The fraction of sp³-hybridized carbons (Fsp3) is 0.0769. The number of hydrogen-bond acceptors (Lipinski definition) is 4. The average Bonchev–Trinajstić information content (AvgIpc) is 2.68. The molecule has 0 radical (unpaired) electrons. The Balaban J connectivity index is 2.16. The number of nitrogens with zero attached hydrogens (tertiary/aromatic N) is 4. The van der Waals surface area contributed by atoms with Gasteiger partial charge in [-0.2, -0.15) is 0 Å². The molecule has 1 aromatic heterocycles. The predicted molar refractivity (Wildman–Crippen MR) is 70.4 cm³/mol. The van der Waals surface area contributed by atoms with E-state index in [9.17, 15) is 4.91 Å². The van der Waals surface area contributed by atoms with Crippen molar-refractivity contribution in [2.24, 2.45) is 5.10 Å². The van der Waals surface area contributed by atoms with Gasteiger partial charge in [-0.05, 0) is 17.7 Å². The van der Waals surface area contributed by atoms with E-state index < -0.39 is 0 Å². The third-order valence-electron chi connectivity index (χ3n) is 2.98. The lowest BCUT2D eigenvalue weighted by molar-refractivity contribution is -0.912. The number of nitrogens with one attached hydrogen (secondary N) is 1. The van der Waals surface area contributed by atoms with Crippen molar-refractivity contribution in [3.05, 3.63) is 70.4 Å². The van der Waals surface area contributed by atoms with Crippen LogP contribution < -0.4 is 5.43 Å². The van der Waals surface area contributed by atoms with E-state index in [1.165, 1.54) is 0 Å². The van der Waals surface area contributed by atoms with Gasteiger partial charge in [-0.1, -0.05) is 24.3 Å². The standard InChI is InChI=1S/C13H12N5O2/c19-18(20)17-15-9-10-4-1-2-6-12(10)13(16-17)11-5-3-7-14-8-11/h1-8,15H,9H2,(H,19,20)/q+1. The SMILES string of the molecule is O=[N+](O)N1N=C(c2cccnc2)c2ccccc2CN1. The molecule has 2 N–H and O–H groups in total. The summed E-state index contributed by atoms with van der Waals surface area (Å²) in [6, 6.07) is 11.3. The maximum absolute atomic E-state index is 11.1. The Hall–Kier alpha value is -2.80. The molecule has 0 spiro atoms. The van der Waals surface area contributed by atoms with Crippen LogP contribution in [0.15, 0.2) is 53.9 Å². The monoisotopic (exact) mass is 270 g/mol.